The minimum Gasteiger partial charge on any atom is -0.494 e. The molecule has 0 spiro atoms. The van der Waals surface area contributed by atoms with E-state index in [0.717, 1.165) is 48.6 Å². The first-order chi connectivity index (χ1) is 14.3. The van der Waals surface area contributed by atoms with Crippen LogP contribution in [0.5, 0.6) is 11.6 Å². The predicted octanol–water partition coefficient (Wildman–Crippen LogP) is 7.70. The standard InChI is InChI=1S/C26H35NO2/c1-3-5-7-9-11-19-29-26-17-15-24-23-14-13-22(28-18-10-8-6-4-2)20-21(23)12-16-25(24)27-26/h12-17,20H,3-11,18-19H2,1-2H3. The Morgan fingerprint density at radius 1 is 0.655 bits per heavy atom. The molecule has 0 bridgehead atoms. The lowest BCUT2D eigenvalue weighted by atomic mass is 10.0. The van der Waals surface area contributed by atoms with E-state index in [0.29, 0.717) is 0 Å². The second-order valence-electron chi connectivity index (χ2n) is 7.84. The van der Waals surface area contributed by atoms with E-state index in [9.17, 15) is 0 Å². The largest absolute Gasteiger partial charge is 0.494 e. The predicted molar refractivity (Wildman–Crippen MR) is 123 cm³/mol. The van der Waals surface area contributed by atoms with Crippen molar-refractivity contribution in [3.05, 3.63) is 42.5 Å². The quantitative estimate of drug-likeness (QED) is 0.220. The van der Waals surface area contributed by atoms with E-state index >= 15 is 0 Å². The Labute approximate surface area is 175 Å². The van der Waals surface area contributed by atoms with Gasteiger partial charge in [0.2, 0.25) is 5.88 Å². The fraction of sp³-hybridized carbons (Fsp3) is 0.500. The van der Waals surface area contributed by atoms with E-state index in [1.807, 2.05) is 6.07 Å². The highest BCUT2D eigenvalue weighted by Crippen LogP contribution is 2.29. The van der Waals surface area contributed by atoms with Crippen molar-refractivity contribution in [2.45, 2.75) is 71.6 Å². The molecule has 3 heteroatoms. The Bertz CT molecular complexity index is 890. The summed E-state index contributed by atoms with van der Waals surface area (Å²) in [6, 6.07) is 14.7. The minimum absolute atomic E-state index is 0.722. The second kappa shape index (κ2) is 11.6. The van der Waals surface area contributed by atoms with Gasteiger partial charge in [0.1, 0.15) is 5.75 Å². The Kier molecular flexibility index (Phi) is 8.60. The minimum atomic E-state index is 0.722. The number of pyridine rings is 1. The van der Waals surface area contributed by atoms with Gasteiger partial charge in [-0.1, -0.05) is 70.9 Å². The maximum absolute atomic E-state index is 5.94. The van der Waals surface area contributed by atoms with Gasteiger partial charge in [0.15, 0.2) is 0 Å². The maximum Gasteiger partial charge on any atom is 0.213 e. The summed E-state index contributed by atoms with van der Waals surface area (Å²) in [7, 11) is 0. The summed E-state index contributed by atoms with van der Waals surface area (Å²) in [5, 5.41) is 3.56. The second-order valence-corrected chi connectivity index (χ2v) is 7.84. The van der Waals surface area contributed by atoms with Crippen LogP contribution in [0.3, 0.4) is 0 Å². The van der Waals surface area contributed by atoms with Crippen molar-refractivity contribution in [3.63, 3.8) is 0 Å². The molecule has 0 saturated heterocycles. The zero-order valence-electron chi connectivity index (χ0n) is 18.1. The van der Waals surface area contributed by atoms with Crippen LogP contribution in [0.1, 0.15) is 71.6 Å². The van der Waals surface area contributed by atoms with E-state index in [1.165, 1.54) is 55.7 Å². The van der Waals surface area contributed by atoms with Gasteiger partial charge < -0.3 is 9.47 Å². The average molecular weight is 394 g/mol. The molecular formula is C26H35NO2. The molecule has 0 aliphatic heterocycles. The third-order valence-corrected chi connectivity index (χ3v) is 5.40. The van der Waals surface area contributed by atoms with Gasteiger partial charge in [-0.05, 0) is 47.9 Å². The van der Waals surface area contributed by atoms with Gasteiger partial charge in [-0.25, -0.2) is 4.98 Å². The number of fused-ring (bicyclic) bond motifs is 3. The lowest BCUT2D eigenvalue weighted by Crippen LogP contribution is -1.99. The molecule has 3 aromatic rings. The van der Waals surface area contributed by atoms with Crippen LogP contribution < -0.4 is 9.47 Å². The van der Waals surface area contributed by atoms with E-state index in [-0.39, 0.29) is 0 Å². The van der Waals surface area contributed by atoms with Crippen LogP contribution >= 0.6 is 0 Å². The molecule has 156 valence electrons. The number of ether oxygens (including phenoxy) is 2. The summed E-state index contributed by atoms with van der Waals surface area (Å²) >= 11 is 0. The molecule has 29 heavy (non-hydrogen) atoms. The fourth-order valence-electron chi connectivity index (χ4n) is 3.68. The molecule has 0 amide bonds. The molecule has 0 aliphatic carbocycles. The molecule has 0 saturated carbocycles. The normalized spacial score (nSPS) is 11.2. The highest BCUT2D eigenvalue weighted by molar-refractivity contribution is 6.06. The molecule has 1 heterocycles. The molecule has 0 atom stereocenters. The van der Waals surface area contributed by atoms with Crippen LogP contribution in [-0.4, -0.2) is 18.2 Å². The number of unbranched alkanes of at least 4 members (excludes halogenated alkanes) is 7. The third kappa shape index (κ3) is 6.35. The number of rotatable bonds is 13. The van der Waals surface area contributed by atoms with Crippen LogP contribution in [0, 0.1) is 0 Å². The van der Waals surface area contributed by atoms with Crippen LogP contribution in [-0.2, 0) is 0 Å². The number of hydrogen-bond donors (Lipinski definition) is 0. The van der Waals surface area contributed by atoms with Crippen LogP contribution in [0.2, 0.25) is 0 Å². The molecule has 0 N–H and O–H groups in total. The Balaban J connectivity index is 1.61. The van der Waals surface area contributed by atoms with Gasteiger partial charge in [0.05, 0.1) is 18.7 Å². The number of hydrogen-bond acceptors (Lipinski definition) is 3. The van der Waals surface area contributed by atoms with Gasteiger partial charge in [-0.15, -0.1) is 0 Å². The van der Waals surface area contributed by atoms with Gasteiger partial charge in [0, 0.05) is 11.5 Å². The van der Waals surface area contributed by atoms with Crippen molar-refractivity contribution in [2.75, 3.05) is 13.2 Å². The topological polar surface area (TPSA) is 31.4 Å². The van der Waals surface area contributed by atoms with Gasteiger partial charge >= 0.3 is 0 Å². The van der Waals surface area contributed by atoms with Crippen molar-refractivity contribution in [3.8, 4) is 11.6 Å². The lowest BCUT2D eigenvalue weighted by molar-refractivity contribution is 0.294. The smallest absolute Gasteiger partial charge is 0.213 e. The molecule has 0 radical (unpaired) electrons. The van der Waals surface area contributed by atoms with E-state index in [1.54, 1.807) is 0 Å². The Morgan fingerprint density at radius 3 is 2.14 bits per heavy atom. The Hall–Kier alpha value is -2.29. The van der Waals surface area contributed by atoms with Gasteiger partial charge in [-0.3, -0.25) is 0 Å². The van der Waals surface area contributed by atoms with Crippen molar-refractivity contribution >= 4 is 21.7 Å². The van der Waals surface area contributed by atoms with Crippen molar-refractivity contribution in [1.82, 2.24) is 4.98 Å². The SMILES string of the molecule is CCCCCCCOc1ccc2c(ccc3cc(OCCCCCC)ccc32)n1. The third-order valence-electron chi connectivity index (χ3n) is 5.40. The summed E-state index contributed by atoms with van der Waals surface area (Å²) in [6.45, 7) is 6.00. The number of benzene rings is 2. The number of nitrogens with zero attached hydrogens (tertiary/aromatic N) is 1. The Morgan fingerprint density at radius 2 is 1.34 bits per heavy atom. The highest BCUT2D eigenvalue weighted by Gasteiger charge is 2.06. The zero-order valence-corrected chi connectivity index (χ0v) is 18.1. The number of aromatic nitrogens is 1. The van der Waals surface area contributed by atoms with Gasteiger partial charge in [0.25, 0.3) is 0 Å². The summed E-state index contributed by atoms with van der Waals surface area (Å²) in [6.07, 6.45) is 11.1. The van der Waals surface area contributed by atoms with E-state index in [4.69, 9.17) is 14.5 Å². The van der Waals surface area contributed by atoms with Crippen molar-refractivity contribution < 1.29 is 9.47 Å². The molecule has 0 unspecified atom stereocenters. The summed E-state index contributed by atoms with van der Waals surface area (Å²) in [5.74, 6) is 1.67. The fourth-order valence-corrected chi connectivity index (χ4v) is 3.68. The monoisotopic (exact) mass is 393 g/mol. The van der Waals surface area contributed by atoms with E-state index in [2.05, 4.69) is 50.2 Å². The average Bonchev–Trinajstić information content (AvgIpc) is 2.75. The molecule has 2 aromatic carbocycles. The first-order valence-electron chi connectivity index (χ1n) is 11.4. The molecule has 3 nitrogen and oxygen atoms in total. The molecule has 0 aliphatic rings. The molecule has 1 aromatic heterocycles. The first kappa shape index (κ1) is 21.4. The summed E-state index contributed by atoms with van der Waals surface area (Å²) in [4.78, 5) is 4.71. The zero-order chi connectivity index (χ0) is 20.3. The molecule has 3 rings (SSSR count). The molecular weight excluding hydrogens is 358 g/mol. The summed E-state index contributed by atoms with van der Waals surface area (Å²) < 4.78 is 11.8. The van der Waals surface area contributed by atoms with Crippen molar-refractivity contribution in [1.29, 1.82) is 0 Å². The maximum atomic E-state index is 5.94. The van der Waals surface area contributed by atoms with E-state index < -0.39 is 0 Å². The summed E-state index contributed by atoms with van der Waals surface area (Å²) in [5.41, 5.74) is 0.981. The van der Waals surface area contributed by atoms with Crippen LogP contribution in [0.25, 0.3) is 21.7 Å². The molecule has 0 fully saturated rings. The first-order valence-corrected chi connectivity index (χ1v) is 11.4. The highest BCUT2D eigenvalue weighted by atomic mass is 16.5. The van der Waals surface area contributed by atoms with Crippen LogP contribution in [0.15, 0.2) is 42.5 Å². The van der Waals surface area contributed by atoms with Gasteiger partial charge in [-0.2, -0.15) is 0 Å². The van der Waals surface area contributed by atoms with Crippen LogP contribution in [0.4, 0.5) is 0 Å². The van der Waals surface area contributed by atoms with Crippen molar-refractivity contribution in [2.24, 2.45) is 0 Å². The lowest BCUT2D eigenvalue weighted by Gasteiger charge is -2.10.